The van der Waals surface area contributed by atoms with Crippen LogP contribution in [0.15, 0.2) is 66.6 Å². The molecule has 1 fully saturated rings. The van der Waals surface area contributed by atoms with Gasteiger partial charge in [0.15, 0.2) is 0 Å². The van der Waals surface area contributed by atoms with Crippen molar-refractivity contribution in [1.29, 1.82) is 0 Å². The van der Waals surface area contributed by atoms with Crippen LogP contribution in [0.2, 0.25) is 0 Å². The molecule has 0 spiro atoms. The molecule has 1 heterocycles. The maximum Gasteiger partial charge on any atom is 0.261 e. The molecule has 1 aromatic heterocycles. The topological polar surface area (TPSA) is 66.4 Å². The summed E-state index contributed by atoms with van der Waals surface area (Å²) in [6.45, 7) is 4.67. The molecule has 1 aliphatic rings. The van der Waals surface area contributed by atoms with Crippen LogP contribution < -0.4 is 10.6 Å². The van der Waals surface area contributed by atoms with Crippen molar-refractivity contribution in [1.82, 2.24) is 14.2 Å². The van der Waals surface area contributed by atoms with Crippen LogP contribution in [0.3, 0.4) is 0 Å². The Kier molecular flexibility index (Phi) is 7.97. The summed E-state index contributed by atoms with van der Waals surface area (Å²) < 4.78 is 26.9. The zero-order chi connectivity index (χ0) is 24.8. The highest BCUT2D eigenvalue weighted by Crippen LogP contribution is 2.25. The maximum absolute atomic E-state index is 12.8. The second-order valence-corrected chi connectivity index (χ2v) is 11.0. The maximum atomic E-state index is 12.8. The summed E-state index contributed by atoms with van der Waals surface area (Å²) in [5, 5.41) is 8.73. The fourth-order valence-electron chi connectivity index (χ4n) is 4.68. The van der Waals surface area contributed by atoms with Gasteiger partial charge in [0, 0.05) is 35.1 Å². The van der Waals surface area contributed by atoms with Crippen molar-refractivity contribution in [3.63, 3.8) is 0 Å². The summed E-state index contributed by atoms with van der Waals surface area (Å²) in [5.74, 6) is 6.08. The molecule has 3 aromatic rings. The van der Waals surface area contributed by atoms with Gasteiger partial charge >= 0.3 is 0 Å². The predicted molar refractivity (Wildman–Crippen MR) is 145 cm³/mol. The lowest BCUT2D eigenvalue weighted by molar-refractivity contribution is 0.204. The fourth-order valence-corrected chi connectivity index (χ4v) is 5.64. The van der Waals surface area contributed by atoms with E-state index < -0.39 is 10.0 Å². The first kappa shape index (κ1) is 25.1. The van der Waals surface area contributed by atoms with Crippen molar-refractivity contribution in [2.45, 2.75) is 44.3 Å². The SMILES string of the molecule is C=CS(=O)(=O)n1c(C#CCNc2ccccc2)cc2cc(CNC3CCC(N(C)C)CC3)ccc21. The van der Waals surface area contributed by atoms with E-state index in [2.05, 4.69) is 54.1 Å². The number of fused-ring (bicyclic) bond motifs is 1. The zero-order valence-corrected chi connectivity index (χ0v) is 21.3. The Hall–Kier alpha value is -3.05. The molecule has 0 bridgehead atoms. The summed E-state index contributed by atoms with van der Waals surface area (Å²) in [5.41, 5.74) is 3.14. The third-order valence-corrected chi connectivity index (χ3v) is 8.00. The van der Waals surface area contributed by atoms with Gasteiger partial charge in [0.25, 0.3) is 10.0 Å². The smallest absolute Gasteiger partial charge is 0.261 e. The molecule has 2 aromatic carbocycles. The van der Waals surface area contributed by atoms with Crippen LogP contribution in [-0.2, 0) is 16.6 Å². The summed E-state index contributed by atoms with van der Waals surface area (Å²) >= 11 is 0. The molecule has 1 aliphatic carbocycles. The molecule has 7 heteroatoms. The third kappa shape index (κ3) is 6.15. The summed E-state index contributed by atoms with van der Waals surface area (Å²) in [7, 11) is 0.597. The fraction of sp³-hybridized carbons (Fsp3) is 0.357. The molecule has 0 unspecified atom stereocenters. The van der Waals surface area contributed by atoms with E-state index in [9.17, 15) is 8.42 Å². The number of nitrogens with one attached hydrogen (secondary N) is 2. The molecular formula is C28H34N4O2S. The number of anilines is 1. The van der Waals surface area contributed by atoms with Gasteiger partial charge in [-0.1, -0.05) is 36.8 Å². The molecule has 1 saturated carbocycles. The van der Waals surface area contributed by atoms with Gasteiger partial charge in [-0.05, 0) is 81.6 Å². The van der Waals surface area contributed by atoms with Crippen LogP contribution >= 0.6 is 0 Å². The minimum atomic E-state index is -3.72. The number of nitrogens with zero attached hydrogens (tertiary/aromatic N) is 2. The Labute approximate surface area is 209 Å². The van der Waals surface area contributed by atoms with Gasteiger partial charge in [-0.25, -0.2) is 12.4 Å². The number of para-hydroxylation sites is 1. The van der Waals surface area contributed by atoms with Crippen LogP contribution in [0.25, 0.3) is 10.9 Å². The number of aromatic nitrogens is 1. The Balaban J connectivity index is 1.50. The normalized spacial score (nSPS) is 18.3. The molecule has 0 radical (unpaired) electrons. The first-order chi connectivity index (χ1) is 16.9. The van der Waals surface area contributed by atoms with Gasteiger partial charge in [0.05, 0.1) is 12.1 Å². The molecule has 0 aliphatic heterocycles. The van der Waals surface area contributed by atoms with Gasteiger partial charge < -0.3 is 15.5 Å². The third-order valence-electron chi connectivity index (χ3n) is 6.68. The molecule has 4 rings (SSSR count). The minimum absolute atomic E-state index is 0.408. The predicted octanol–water partition coefficient (Wildman–Crippen LogP) is 4.39. The molecular weight excluding hydrogens is 456 g/mol. The highest BCUT2D eigenvalue weighted by atomic mass is 32.2. The number of hydrogen-bond acceptors (Lipinski definition) is 5. The Bertz CT molecular complexity index is 1330. The highest BCUT2D eigenvalue weighted by molar-refractivity contribution is 7.93. The van der Waals surface area contributed by atoms with E-state index in [1.807, 2.05) is 48.5 Å². The van der Waals surface area contributed by atoms with E-state index in [1.54, 1.807) is 0 Å². The molecule has 6 nitrogen and oxygen atoms in total. The first-order valence-corrected chi connectivity index (χ1v) is 13.6. The van der Waals surface area contributed by atoms with Gasteiger partial charge in [0.1, 0.15) is 5.69 Å². The van der Waals surface area contributed by atoms with Crippen molar-refractivity contribution in [2.24, 2.45) is 0 Å². The number of hydrogen-bond donors (Lipinski definition) is 2. The van der Waals surface area contributed by atoms with Crippen LogP contribution in [0.1, 0.15) is 36.9 Å². The average molecular weight is 491 g/mol. The van der Waals surface area contributed by atoms with E-state index in [1.165, 1.54) is 29.7 Å². The van der Waals surface area contributed by atoms with Crippen LogP contribution in [0, 0.1) is 11.8 Å². The lowest BCUT2D eigenvalue weighted by Gasteiger charge is -2.33. The Morgan fingerprint density at radius 3 is 2.51 bits per heavy atom. The summed E-state index contributed by atoms with van der Waals surface area (Å²) in [4.78, 5) is 2.32. The van der Waals surface area contributed by atoms with Crippen molar-refractivity contribution in [2.75, 3.05) is 26.0 Å². The van der Waals surface area contributed by atoms with E-state index in [-0.39, 0.29) is 0 Å². The number of rotatable bonds is 8. The van der Waals surface area contributed by atoms with Gasteiger partial charge in [-0.3, -0.25) is 0 Å². The first-order valence-electron chi connectivity index (χ1n) is 12.1. The molecule has 2 N–H and O–H groups in total. The quantitative estimate of drug-likeness (QED) is 0.459. The zero-order valence-electron chi connectivity index (χ0n) is 20.5. The van der Waals surface area contributed by atoms with E-state index >= 15 is 0 Å². The van der Waals surface area contributed by atoms with E-state index in [4.69, 9.17) is 0 Å². The van der Waals surface area contributed by atoms with Crippen LogP contribution in [0.5, 0.6) is 0 Å². The Morgan fingerprint density at radius 2 is 1.83 bits per heavy atom. The van der Waals surface area contributed by atoms with Crippen molar-refractivity contribution in [3.8, 4) is 11.8 Å². The molecule has 184 valence electrons. The second kappa shape index (κ2) is 11.1. The molecule has 0 atom stereocenters. The largest absolute Gasteiger partial charge is 0.374 e. The van der Waals surface area contributed by atoms with E-state index in [0.29, 0.717) is 29.8 Å². The van der Waals surface area contributed by atoms with Crippen molar-refractivity contribution in [3.05, 3.63) is 77.8 Å². The monoisotopic (exact) mass is 490 g/mol. The molecule has 0 amide bonds. The number of benzene rings is 2. The van der Waals surface area contributed by atoms with Crippen molar-refractivity contribution >= 4 is 26.6 Å². The van der Waals surface area contributed by atoms with Crippen LogP contribution in [-0.4, -0.2) is 50.0 Å². The van der Waals surface area contributed by atoms with Gasteiger partial charge in [-0.15, -0.1) is 0 Å². The van der Waals surface area contributed by atoms with Crippen LogP contribution in [0.4, 0.5) is 5.69 Å². The second-order valence-electron chi connectivity index (χ2n) is 9.27. The average Bonchev–Trinajstić information content (AvgIpc) is 3.24. The minimum Gasteiger partial charge on any atom is -0.374 e. The lowest BCUT2D eigenvalue weighted by atomic mass is 9.90. The molecule has 35 heavy (non-hydrogen) atoms. The van der Waals surface area contributed by atoms with Crippen molar-refractivity contribution < 1.29 is 8.42 Å². The molecule has 0 saturated heterocycles. The summed E-state index contributed by atoms with van der Waals surface area (Å²) in [6.07, 6.45) is 4.78. The van der Waals surface area contributed by atoms with Gasteiger partial charge in [0.2, 0.25) is 0 Å². The lowest BCUT2D eigenvalue weighted by Crippen LogP contribution is -2.39. The highest BCUT2D eigenvalue weighted by Gasteiger charge is 2.22. The van der Waals surface area contributed by atoms with E-state index in [0.717, 1.165) is 28.6 Å². The van der Waals surface area contributed by atoms with Gasteiger partial charge in [-0.2, -0.15) is 0 Å². The standard InChI is InChI=1S/C28H34N4O2S/c1-4-35(33,34)32-27(11-8-18-29-24-9-6-5-7-10-24)20-23-19-22(12-17-28(23)32)21-30-25-13-15-26(16-14-25)31(2)3/h4-7,9-10,12,17,19-20,25-26,29-30H,1,13-16,18,21H2,2-3H3. The Morgan fingerprint density at radius 1 is 1.09 bits per heavy atom. The summed E-state index contributed by atoms with van der Waals surface area (Å²) in [6, 6.07) is 18.7.